The van der Waals surface area contributed by atoms with E-state index in [1.54, 1.807) is 0 Å². The maximum atomic E-state index is 8.38. The molecule has 0 aromatic carbocycles. The van der Waals surface area contributed by atoms with Crippen LogP contribution in [0.4, 0.5) is 0 Å². The molecule has 0 bridgehead atoms. The maximum absolute atomic E-state index is 8.38. The van der Waals surface area contributed by atoms with Crippen LogP contribution in [0.15, 0.2) is 0 Å². The largest absolute Gasteiger partial charge is 0.368 e. The highest BCUT2D eigenvalue weighted by atomic mass is 16.5. The third-order valence-electron chi connectivity index (χ3n) is 1.17. The lowest BCUT2D eigenvalue weighted by molar-refractivity contribution is -0.0465. The van der Waals surface area contributed by atoms with Gasteiger partial charge in [0.05, 0.1) is 0 Å². The molecule has 0 unspecified atom stereocenters. The predicted molar refractivity (Wildman–Crippen MR) is 35.7 cm³/mol. The van der Waals surface area contributed by atoms with Crippen molar-refractivity contribution in [3.8, 4) is 0 Å². The van der Waals surface area contributed by atoms with E-state index >= 15 is 0 Å². The minimum atomic E-state index is -1.14. The summed E-state index contributed by atoms with van der Waals surface area (Å²) in [6.07, 6.45) is 2.16. The van der Waals surface area contributed by atoms with E-state index < -0.39 is 6.29 Å². The second-order valence-corrected chi connectivity index (χ2v) is 2.12. The van der Waals surface area contributed by atoms with Crippen LogP contribution in [0.3, 0.4) is 0 Å². The van der Waals surface area contributed by atoms with Crippen molar-refractivity contribution in [3.05, 3.63) is 0 Å². The molecule has 0 aliphatic rings. The Labute approximate surface area is 55.5 Å². The average Bonchev–Trinajstić information content (AvgIpc) is 1.80. The van der Waals surface area contributed by atoms with E-state index in [4.69, 9.17) is 15.9 Å². The Bertz CT molecular complexity index is 57.0. The molecule has 9 heavy (non-hydrogen) atoms. The molecule has 0 atom stereocenters. The van der Waals surface area contributed by atoms with Gasteiger partial charge in [0.15, 0.2) is 6.29 Å². The van der Waals surface area contributed by atoms with Crippen molar-refractivity contribution in [1.29, 1.82) is 0 Å². The molecule has 0 aromatic heterocycles. The predicted octanol–water partition coefficient (Wildman–Crippen LogP) is -0.184. The van der Waals surface area contributed by atoms with E-state index in [2.05, 4.69) is 0 Å². The molecular formula is C6H15NO2. The number of aliphatic hydroxyl groups excluding tert-OH is 1. The molecule has 0 amide bonds. The fourth-order valence-electron chi connectivity index (χ4n) is 0.648. The van der Waals surface area contributed by atoms with Crippen LogP contribution in [0.25, 0.3) is 0 Å². The van der Waals surface area contributed by atoms with E-state index in [1.807, 2.05) is 0 Å². The van der Waals surface area contributed by atoms with Crippen LogP contribution in [0.1, 0.15) is 25.7 Å². The molecule has 0 heterocycles. The van der Waals surface area contributed by atoms with Crippen LogP contribution in [0, 0.1) is 0 Å². The minimum absolute atomic E-state index is 0.472. The van der Waals surface area contributed by atoms with Gasteiger partial charge in [0, 0.05) is 0 Å². The smallest absolute Gasteiger partial charge is 0.151 e. The molecule has 0 aliphatic heterocycles. The van der Waals surface area contributed by atoms with Crippen LogP contribution in [0.5, 0.6) is 0 Å². The number of aliphatic hydroxyl groups is 2. The van der Waals surface area contributed by atoms with Gasteiger partial charge in [0.1, 0.15) is 0 Å². The van der Waals surface area contributed by atoms with E-state index in [0.29, 0.717) is 13.0 Å². The molecule has 0 rings (SSSR count). The zero-order valence-electron chi connectivity index (χ0n) is 5.58. The molecule has 0 spiro atoms. The lowest BCUT2D eigenvalue weighted by atomic mass is 10.2. The van der Waals surface area contributed by atoms with Gasteiger partial charge in [-0.3, -0.25) is 0 Å². The van der Waals surface area contributed by atoms with Gasteiger partial charge in [-0.2, -0.15) is 0 Å². The van der Waals surface area contributed by atoms with Crippen LogP contribution in [0.2, 0.25) is 0 Å². The molecule has 3 heteroatoms. The van der Waals surface area contributed by atoms with E-state index in [1.165, 1.54) is 0 Å². The van der Waals surface area contributed by atoms with Crippen molar-refractivity contribution in [1.82, 2.24) is 0 Å². The summed E-state index contributed by atoms with van der Waals surface area (Å²) in [6.45, 7) is 0.696. The Morgan fingerprint density at radius 2 is 1.78 bits per heavy atom. The zero-order chi connectivity index (χ0) is 7.11. The Morgan fingerprint density at radius 3 is 2.22 bits per heavy atom. The topological polar surface area (TPSA) is 66.5 Å². The first-order valence-electron chi connectivity index (χ1n) is 3.33. The SMILES string of the molecule is NCCCCCC(O)O. The van der Waals surface area contributed by atoms with Crippen molar-refractivity contribution < 1.29 is 10.2 Å². The quantitative estimate of drug-likeness (QED) is 0.360. The monoisotopic (exact) mass is 133 g/mol. The molecule has 56 valence electrons. The highest BCUT2D eigenvalue weighted by molar-refractivity contribution is 4.43. The number of hydrogen-bond donors (Lipinski definition) is 3. The second-order valence-electron chi connectivity index (χ2n) is 2.12. The lowest BCUT2D eigenvalue weighted by Crippen LogP contribution is -2.04. The molecule has 0 aliphatic carbocycles. The van der Waals surface area contributed by atoms with Crippen LogP contribution >= 0.6 is 0 Å². The summed E-state index contributed by atoms with van der Waals surface area (Å²) in [7, 11) is 0. The van der Waals surface area contributed by atoms with Crippen molar-refractivity contribution in [2.75, 3.05) is 6.54 Å². The van der Waals surface area contributed by atoms with Crippen molar-refractivity contribution >= 4 is 0 Å². The molecule has 0 saturated heterocycles. The molecular weight excluding hydrogens is 118 g/mol. The number of nitrogens with two attached hydrogens (primary N) is 1. The Balaban J connectivity index is 2.75. The van der Waals surface area contributed by atoms with Gasteiger partial charge in [0.2, 0.25) is 0 Å². The number of rotatable bonds is 5. The van der Waals surface area contributed by atoms with Gasteiger partial charge < -0.3 is 15.9 Å². The van der Waals surface area contributed by atoms with Gasteiger partial charge in [-0.1, -0.05) is 6.42 Å². The summed E-state index contributed by atoms with van der Waals surface area (Å²) in [6, 6.07) is 0. The summed E-state index contributed by atoms with van der Waals surface area (Å²) in [4.78, 5) is 0. The summed E-state index contributed by atoms with van der Waals surface area (Å²) in [5.74, 6) is 0. The van der Waals surface area contributed by atoms with Crippen LogP contribution in [-0.4, -0.2) is 23.0 Å². The minimum Gasteiger partial charge on any atom is -0.368 e. The lowest BCUT2D eigenvalue weighted by Gasteiger charge is -2.00. The maximum Gasteiger partial charge on any atom is 0.151 e. The second kappa shape index (κ2) is 6.01. The van der Waals surface area contributed by atoms with Crippen molar-refractivity contribution in [2.24, 2.45) is 5.73 Å². The highest BCUT2D eigenvalue weighted by Gasteiger charge is 1.94. The Morgan fingerprint density at radius 1 is 1.11 bits per heavy atom. The summed E-state index contributed by atoms with van der Waals surface area (Å²) >= 11 is 0. The molecule has 0 fully saturated rings. The van der Waals surface area contributed by atoms with Crippen LogP contribution < -0.4 is 5.73 Å². The molecule has 0 saturated carbocycles. The van der Waals surface area contributed by atoms with Crippen LogP contribution in [-0.2, 0) is 0 Å². The highest BCUT2D eigenvalue weighted by Crippen LogP contribution is 1.99. The zero-order valence-corrected chi connectivity index (χ0v) is 5.58. The van der Waals surface area contributed by atoms with Crippen molar-refractivity contribution in [3.63, 3.8) is 0 Å². The molecule has 0 radical (unpaired) electrons. The molecule has 4 N–H and O–H groups in total. The Hall–Kier alpha value is -0.120. The van der Waals surface area contributed by atoms with Gasteiger partial charge in [-0.15, -0.1) is 0 Å². The average molecular weight is 133 g/mol. The number of hydrogen-bond acceptors (Lipinski definition) is 3. The van der Waals surface area contributed by atoms with Gasteiger partial charge in [-0.25, -0.2) is 0 Å². The van der Waals surface area contributed by atoms with Crippen molar-refractivity contribution in [2.45, 2.75) is 32.0 Å². The van der Waals surface area contributed by atoms with E-state index in [-0.39, 0.29) is 0 Å². The summed E-state index contributed by atoms with van der Waals surface area (Å²) in [5.41, 5.74) is 5.22. The standard InChI is InChI=1S/C6H15NO2/c7-5-3-1-2-4-6(8)9/h6,8-9H,1-5,7H2. The first-order valence-corrected chi connectivity index (χ1v) is 3.33. The first kappa shape index (κ1) is 8.88. The van der Waals surface area contributed by atoms with E-state index in [0.717, 1.165) is 19.3 Å². The summed E-state index contributed by atoms with van der Waals surface area (Å²) in [5, 5.41) is 16.8. The van der Waals surface area contributed by atoms with Gasteiger partial charge >= 0.3 is 0 Å². The van der Waals surface area contributed by atoms with Gasteiger partial charge in [-0.05, 0) is 25.8 Å². The Kier molecular flexibility index (Phi) is 5.93. The fraction of sp³-hybridized carbons (Fsp3) is 1.00. The third kappa shape index (κ3) is 7.88. The first-order chi connectivity index (χ1) is 4.27. The fourth-order valence-corrected chi connectivity index (χ4v) is 0.648. The van der Waals surface area contributed by atoms with Gasteiger partial charge in [0.25, 0.3) is 0 Å². The molecule has 0 aromatic rings. The molecule has 3 nitrogen and oxygen atoms in total. The number of unbranched alkanes of at least 4 members (excludes halogenated alkanes) is 2. The van der Waals surface area contributed by atoms with E-state index in [9.17, 15) is 0 Å². The third-order valence-corrected chi connectivity index (χ3v) is 1.17. The summed E-state index contributed by atoms with van der Waals surface area (Å²) < 4.78 is 0. The normalized spacial score (nSPS) is 10.7.